The van der Waals surface area contributed by atoms with Crippen molar-refractivity contribution in [2.75, 3.05) is 13.2 Å². The number of carbonyl (C=O) groups is 2. The summed E-state index contributed by atoms with van der Waals surface area (Å²) in [4.78, 5) is 23.7. The second kappa shape index (κ2) is 7.64. The number of rotatable bonds is 7. The average molecular weight is 328 g/mol. The van der Waals surface area contributed by atoms with Crippen LogP contribution in [0, 0.1) is 18.3 Å². The van der Waals surface area contributed by atoms with Gasteiger partial charge in [0.25, 0.3) is 0 Å². The highest BCUT2D eigenvalue weighted by atomic mass is 16.5. The van der Waals surface area contributed by atoms with Gasteiger partial charge in [-0.25, -0.2) is 4.79 Å². The maximum absolute atomic E-state index is 12.3. The normalized spacial score (nSPS) is 10.4. The van der Waals surface area contributed by atoms with E-state index in [9.17, 15) is 9.59 Å². The van der Waals surface area contributed by atoms with Gasteiger partial charge in [0.2, 0.25) is 0 Å². The molecule has 2 aromatic rings. The Kier molecular flexibility index (Phi) is 5.59. The third kappa shape index (κ3) is 3.40. The molecular weight excluding hydrogens is 308 g/mol. The number of esters is 1. The van der Waals surface area contributed by atoms with Crippen LogP contribution in [-0.2, 0) is 16.1 Å². The molecule has 0 saturated carbocycles. The summed E-state index contributed by atoms with van der Waals surface area (Å²) in [5.41, 5.74) is 2.26. The molecule has 6 nitrogen and oxygen atoms in total. The van der Waals surface area contributed by atoms with Crippen LogP contribution in [-0.4, -0.2) is 29.5 Å². The number of aryl methyl sites for hydroxylation is 1. The highest BCUT2D eigenvalue weighted by Crippen LogP contribution is 2.30. The molecule has 1 aromatic heterocycles. The molecule has 24 heavy (non-hydrogen) atoms. The molecule has 0 aliphatic rings. The van der Waals surface area contributed by atoms with E-state index < -0.39 is 0 Å². The van der Waals surface area contributed by atoms with E-state index >= 15 is 0 Å². The van der Waals surface area contributed by atoms with Gasteiger partial charge in [-0.3, -0.25) is 4.79 Å². The number of aromatic nitrogens is 1. The summed E-state index contributed by atoms with van der Waals surface area (Å²) >= 11 is 0. The molecule has 0 N–H and O–H groups in total. The molecule has 0 unspecified atom stereocenters. The monoisotopic (exact) mass is 328 g/mol. The number of nitrogens with zero attached hydrogens (tertiary/aromatic N) is 2. The lowest BCUT2D eigenvalue weighted by Crippen LogP contribution is -2.10. The molecule has 0 fully saturated rings. The fraction of sp³-hybridized carbons (Fsp3) is 0.389. The summed E-state index contributed by atoms with van der Waals surface area (Å²) in [6.07, 6.45) is -0.179. The summed E-state index contributed by atoms with van der Waals surface area (Å²) in [5.74, 6) is -0.178. The van der Waals surface area contributed by atoms with Gasteiger partial charge in [0.1, 0.15) is 12.4 Å². The summed E-state index contributed by atoms with van der Waals surface area (Å²) in [6, 6.07) is 7.14. The first-order valence-corrected chi connectivity index (χ1v) is 7.84. The minimum Gasteiger partial charge on any atom is -0.486 e. The Hall–Kier alpha value is -2.81. The Labute approximate surface area is 140 Å². The van der Waals surface area contributed by atoms with E-state index in [2.05, 4.69) is 0 Å². The van der Waals surface area contributed by atoms with Crippen molar-refractivity contribution in [3.8, 4) is 11.8 Å². The third-order valence-corrected chi connectivity index (χ3v) is 3.77. The summed E-state index contributed by atoms with van der Waals surface area (Å²) in [6.45, 7) is 6.51. The van der Waals surface area contributed by atoms with Gasteiger partial charge in [-0.05, 0) is 39.0 Å². The van der Waals surface area contributed by atoms with E-state index in [-0.39, 0.29) is 24.8 Å². The van der Waals surface area contributed by atoms with Gasteiger partial charge in [-0.1, -0.05) is 0 Å². The van der Waals surface area contributed by atoms with Gasteiger partial charge in [0.05, 0.1) is 24.7 Å². The zero-order valence-corrected chi connectivity index (χ0v) is 14.1. The fourth-order valence-electron chi connectivity index (χ4n) is 2.72. The van der Waals surface area contributed by atoms with Gasteiger partial charge in [0.15, 0.2) is 5.78 Å². The van der Waals surface area contributed by atoms with Crippen molar-refractivity contribution >= 4 is 22.7 Å². The van der Waals surface area contributed by atoms with Crippen LogP contribution in [0.15, 0.2) is 18.2 Å². The van der Waals surface area contributed by atoms with Gasteiger partial charge in [-0.15, -0.1) is 0 Å². The molecule has 6 heteroatoms. The molecule has 0 bridgehead atoms. The highest BCUT2D eigenvalue weighted by Gasteiger charge is 2.21. The number of benzene rings is 1. The molecule has 1 aromatic carbocycles. The maximum atomic E-state index is 12.3. The van der Waals surface area contributed by atoms with E-state index in [1.54, 1.807) is 25.1 Å². The van der Waals surface area contributed by atoms with Crippen molar-refractivity contribution in [2.45, 2.75) is 33.7 Å². The van der Waals surface area contributed by atoms with Gasteiger partial charge in [-0.2, -0.15) is 5.26 Å². The van der Waals surface area contributed by atoms with Crippen LogP contribution in [0.5, 0.6) is 5.75 Å². The Balaban J connectivity index is 2.42. The second-order valence-electron chi connectivity index (χ2n) is 5.27. The van der Waals surface area contributed by atoms with Gasteiger partial charge in [0, 0.05) is 23.1 Å². The molecule has 0 aliphatic heterocycles. The quantitative estimate of drug-likeness (QED) is 0.730. The fourth-order valence-corrected chi connectivity index (χ4v) is 2.72. The molecule has 0 spiro atoms. The first kappa shape index (κ1) is 17.5. The van der Waals surface area contributed by atoms with E-state index in [1.807, 2.05) is 24.5 Å². The van der Waals surface area contributed by atoms with E-state index in [0.717, 1.165) is 23.1 Å². The smallest absolute Gasteiger partial charge is 0.340 e. The Morgan fingerprint density at radius 3 is 2.67 bits per heavy atom. The predicted molar refractivity (Wildman–Crippen MR) is 89.0 cm³/mol. The van der Waals surface area contributed by atoms with Crippen molar-refractivity contribution < 1.29 is 19.1 Å². The van der Waals surface area contributed by atoms with Gasteiger partial charge >= 0.3 is 5.97 Å². The number of hydrogen-bond donors (Lipinski definition) is 0. The van der Waals surface area contributed by atoms with Crippen molar-refractivity contribution in [3.05, 3.63) is 29.5 Å². The molecule has 2 rings (SSSR count). The summed E-state index contributed by atoms with van der Waals surface area (Å²) in [5, 5.41) is 9.24. The van der Waals surface area contributed by atoms with Crippen LogP contribution < -0.4 is 4.74 Å². The standard InChI is InChI=1S/C18H20N2O4/c1-4-20-12(3)17(18(22)23-5-2)15-10-14(6-7-16(15)20)24-11-13(21)8-9-19/h6-7,10H,4-5,8,11H2,1-3H3. The molecule has 1 heterocycles. The van der Waals surface area contributed by atoms with Crippen molar-refractivity contribution in [2.24, 2.45) is 0 Å². The lowest BCUT2D eigenvalue weighted by atomic mass is 10.1. The van der Waals surface area contributed by atoms with Crippen LogP contribution in [0.4, 0.5) is 0 Å². The zero-order valence-electron chi connectivity index (χ0n) is 14.1. The Bertz CT molecular complexity index is 815. The van der Waals surface area contributed by atoms with Crippen molar-refractivity contribution in [1.29, 1.82) is 5.26 Å². The Morgan fingerprint density at radius 2 is 2.04 bits per heavy atom. The molecule has 126 valence electrons. The molecule has 0 aliphatic carbocycles. The maximum Gasteiger partial charge on any atom is 0.340 e. The number of carbonyl (C=O) groups excluding carboxylic acids is 2. The van der Waals surface area contributed by atoms with Gasteiger partial charge < -0.3 is 14.0 Å². The second-order valence-corrected chi connectivity index (χ2v) is 5.27. The molecule has 0 radical (unpaired) electrons. The number of ketones is 1. The summed E-state index contributed by atoms with van der Waals surface area (Å²) < 4.78 is 12.6. The SMILES string of the molecule is CCOC(=O)c1c(C)n(CC)c2ccc(OCC(=O)CC#N)cc12. The van der Waals surface area contributed by atoms with Crippen molar-refractivity contribution in [1.82, 2.24) is 4.57 Å². The number of fused-ring (bicyclic) bond motifs is 1. The van der Waals surface area contributed by atoms with Crippen molar-refractivity contribution in [3.63, 3.8) is 0 Å². The lowest BCUT2D eigenvalue weighted by Gasteiger charge is -2.06. The molecule has 0 amide bonds. The van der Waals surface area contributed by atoms with Crippen LogP contribution in [0.2, 0.25) is 0 Å². The minimum absolute atomic E-state index is 0.165. The number of ether oxygens (including phenoxy) is 2. The topological polar surface area (TPSA) is 81.3 Å². The average Bonchev–Trinajstić information content (AvgIpc) is 2.84. The first-order valence-electron chi connectivity index (χ1n) is 7.84. The first-order chi connectivity index (χ1) is 11.5. The lowest BCUT2D eigenvalue weighted by molar-refractivity contribution is -0.120. The minimum atomic E-state index is -0.370. The number of nitriles is 1. The molecular formula is C18H20N2O4. The zero-order chi connectivity index (χ0) is 17.7. The molecule has 0 saturated heterocycles. The summed E-state index contributed by atoms with van der Waals surface area (Å²) in [7, 11) is 0. The third-order valence-electron chi connectivity index (χ3n) is 3.77. The van der Waals surface area contributed by atoms with E-state index in [0.29, 0.717) is 17.9 Å². The highest BCUT2D eigenvalue weighted by molar-refractivity contribution is 6.06. The molecule has 0 atom stereocenters. The Morgan fingerprint density at radius 1 is 1.29 bits per heavy atom. The number of hydrogen-bond acceptors (Lipinski definition) is 5. The van der Waals surface area contributed by atoms with Crippen LogP contribution in [0.3, 0.4) is 0 Å². The van der Waals surface area contributed by atoms with Crippen LogP contribution in [0.25, 0.3) is 10.9 Å². The predicted octanol–water partition coefficient (Wildman–Crippen LogP) is 3.01. The number of Topliss-reactive ketones (excluding diaryl/α,β-unsaturated/α-hetero) is 1. The van der Waals surface area contributed by atoms with E-state index in [4.69, 9.17) is 14.7 Å². The largest absolute Gasteiger partial charge is 0.486 e. The van der Waals surface area contributed by atoms with Crippen LogP contribution in [0.1, 0.15) is 36.3 Å². The van der Waals surface area contributed by atoms with Crippen LogP contribution >= 0.6 is 0 Å². The van der Waals surface area contributed by atoms with E-state index in [1.165, 1.54) is 0 Å².